The number of hydrogen-bond acceptors (Lipinski definition) is 2. The minimum absolute atomic E-state index is 0.214. The molecule has 3 heteroatoms. The molecule has 1 rings (SSSR count). The molecule has 0 saturated heterocycles. The second-order valence-corrected chi connectivity index (χ2v) is 3.78. The molecule has 0 aromatic carbocycles. The molecular weight excluding hydrogens is 179 g/mol. The topological polar surface area (TPSA) is 24.9 Å². The van der Waals surface area contributed by atoms with Crippen molar-refractivity contribution in [2.75, 3.05) is 7.05 Å². The van der Waals surface area contributed by atoms with Crippen LogP contribution in [0.5, 0.6) is 0 Å². The maximum atomic E-state index is 13.3. The van der Waals surface area contributed by atoms with E-state index in [-0.39, 0.29) is 11.9 Å². The van der Waals surface area contributed by atoms with Crippen LogP contribution in [0.2, 0.25) is 0 Å². The number of nitrogens with zero attached hydrogens (tertiary/aromatic N) is 1. The first kappa shape index (κ1) is 11.1. The molecule has 0 spiro atoms. The molecule has 2 nitrogen and oxygen atoms in total. The molecule has 0 bridgehead atoms. The van der Waals surface area contributed by atoms with Gasteiger partial charge in [-0.3, -0.25) is 4.98 Å². The highest BCUT2D eigenvalue weighted by atomic mass is 19.1. The van der Waals surface area contributed by atoms with Crippen molar-refractivity contribution in [1.29, 1.82) is 0 Å². The highest BCUT2D eigenvalue weighted by molar-refractivity contribution is 5.08. The molecular formula is C11H17FN2. The second-order valence-electron chi connectivity index (χ2n) is 3.78. The Labute approximate surface area is 84.6 Å². The molecule has 0 aliphatic rings. The van der Waals surface area contributed by atoms with Gasteiger partial charge in [0.2, 0.25) is 0 Å². The van der Waals surface area contributed by atoms with Crippen LogP contribution in [0.3, 0.4) is 0 Å². The van der Waals surface area contributed by atoms with Gasteiger partial charge >= 0.3 is 0 Å². The summed E-state index contributed by atoms with van der Waals surface area (Å²) in [6.07, 6.45) is 2.27. The molecule has 0 amide bonds. The fourth-order valence-electron chi connectivity index (χ4n) is 1.45. The van der Waals surface area contributed by atoms with Crippen molar-refractivity contribution >= 4 is 0 Å². The number of likely N-dealkylation sites (N-methyl/N-ethyl adjacent to an activating group) is 1. The lowest BCUT2D eigenvalue weighted by Gasteiger charge is -2.19. The van der Waals surface area contributed by atoms with Gasteiger partial charge < -0.3 is 5.32 Å². The van der Waals surface area contributed by atoms with E-state index < -0.39 is 0 Å². The molecule has 0 saturated carbocycles. The van der Waals surface area contributed by atoms with Crippen molar-refractivity contribution < 1.29 is 4.39 Å². The fourth-order valence-corrected chi connectivity index (χ4v) is 1.45. The average molecular weight is 196 g/mol. The van der Waals surface area contributed by atoms with E-state index in [0.29, 0.717) is 18.0 Å². The molecule has 1 N–H and O–H groups in total. The van der Waals surface area contributed by atoms with E-state index in [1.165, 1.54) is 6.07 Å². The molecule has 0 radical (unpaired) electrons. The highest BCUT2D eigenvalue weighted by Gasteiger charge is 2.14. The van der Waals surface area contributed by atoms with E-state index in [1.54, 1.807) is 12.3 Å². The number of rotatable bonds is 4. The number of halogens is 1. The zero-order valence-electron chi connectivity index (χ0n) is 8.92. The molecule has 1 atom stereocenters. The quantitative estimate of drug-likeness (QED) is 0.796. The van der Waals surface area contributed by atoms with Gasteiger partial charge in [-0.15, -0.1) is 0 Å². The van der Waals surface area contributed by atoms with Crippen molar-refractivity contribution in [3.05, 3.63) is 29.8 Å². The van der Waals surface area contributed by atoms with Crippen molar-refractivity contribution in [1.82, 2.24) is 10.3 Å². The van der Waals surface area contributed by atoms with E-state index in [0.717, 1.165) is 0 Å². The Bertz CT molecular complexity index is 286. The summed E-state index contributed by atoms with van der Waals surface area (Å²) < 4.78 is 13.3. The SMILES string of the molecule is CNC(Cc1ncccc1F)C(C)C. The van der Waals surface area contributed by atoms with E-state index in [2.05, 4.69) is 24.1 Å². The van der Waals surface area contributed by atoms with E-state index in [4.69, 9.17) is 0 Å². The minimum atomic E-state index is -0.214. The van der Waals surface area contributed by atoms with Crippen LogP contribution in [-0.2, 0) is 6.42 Å². The fraction of sp³-hybridized carbons (Fsp3) is 0.545. The number of aromatic nitrogens is 1. The van der Waals surface area contributed by atoms with Crippen molar-refractivity contribution in [2.24, 2.45) is 5.92 Å². The normalized spacial score (nSPS) is 13.2. The summed E-state index contributed by atoms with van der Waals surface area (Å²) in [5.41, 5.74) is 0.542. The van der Waals surface area contributed by atoms with E-state index in [1.807, 2.05) is 7.05 Å². The third-order valence-corrected chi connectivity index (χ3v) is 2.42. The Balaban J connectivity index is 2.72. The predicted octanol–water partition coefficient (Wildman–Crippen LogP) is 2.01. The van der Waals surface area contributed by atoms with Gasteiger partial charge in [-0.05, 0) is 25.1 Å². The van der Waals surface area contributed by atoms with E-state index >= 15 is 0 Å². The summed E-state index contributed by atoms with van der Waals surface area (Å²) in [5, 5.41) is 3.17. The number of nitrogens with one attached hydrogen (secondary N) is 1. The summed E-state index contributed by atoms with van der Waals surface area (Å²) in [5.74, 6) is 0.259. The molecule has 1 unspecified atom stereocenters. The Morgan fingerprint density at radius 2 is 2.21 bits per heavy atom. The first-order valence-corrected chi connectivity index (χ1v) is 4.91. The molecule has 14 heavy (non-hydrogen) atoms. The van der Waals surface area contributed by atoms with Gasteiger partial charge in [-0.2, -0.15) is 0 Å². The van der Waals surface area contributed by atoms with Gasteiger partial charge in [0.15, 0.2) is 0 Å². The lowest BCUT2D eigenvalue weighted by atomic mass is 9.99. The Kier molecular flexibility index (Phi) is 4.01. The molecule has 0 fully saturated rings. The third-order valence-electron chi connectivity index (χ3n) is 2.42. The van der Waals surface area contributed by atoms with Gasteiger partial charge in [-0.25, -0.2) is 4.39 Å². The van der Waals surface area contributed by atoms with Crippen LogP contribution >= 0.6 is 0 Å². The van der Waals surface area contributed by atoms with Crippen LogP contribution in [0.4, 0.5) is 4.39 Å². The maximum absolute atomic E-state index is 13.3. The third kappa shape index (κ3) is 2.77. The van der Waals surface area contributed by atoms with Gasteiger partial charge in [0, 0.05) is 18.7 Å². The van der Waals surface area contributed by atoms with Crippen molar-refractivity contribution in [3.8, 4) is 0 Å². The molecule has 0 aliphatic carbocycles. The molecule has 1 heterocycles. The van der Waals surface area contributed by atoms with Gasteiger partial charge in [0.05, 0.1) is 5.69 Å². The first-order chi connectivity index (χ1) is 6.65. The van der Waals surface area contributed by atoms with Gasteiger partial charge in [-0.1, -0.05) is 13.8 Å². The maximum Gasteiger partial charge on any atom is 0.144 e. The smallest absolute Gasteiger partial charge is 0.144 e. The summed E-state index contributed by atoms with van der Waals surface area (Å²) in [7, 11) is 1.89. The van der Waals surface area contributed by atoms with Crippen LogP contribution in [0.1, 0.15) is 19.5 Å². The summed E-state index contributed by atoms with van der Waals surface area (Å²) in [6, 6.07) is 3.34. The lowest BCUT2D eigenvalue weighted by molar-refractivity contribution is 0.414. The zero-order chi connectivity index (χ0) is 10.6. The Morgan fingerprint density at radius 1 is 1.50 bits per heavy atom. The largest absolute Gasteiger partial charge is 0.316 e. The summed E-state index contributed by atoms with van der Waals surface area (Å²) in [4.78, 5) is 4.03. The molecule has 78 valence electrons. The predicted molar refractivity (Wildman–Crippen MR) is 55.6 cm³/mol. The van der Waals surface area contributed by atoms with Crippen molar-refractivity contribution in [3.63, 3.8) is 0 Å². The van der Waals surface area contributed by atoms with Gasteiger partial charge in [0.1, 0.15) is 5.82 Å². The van der Waals surface area contributed by atoms with E-state index in [9.17, 15) is 4.39 Å². The number of pyridine rings is 1. The molecule has 1 aromatic rings. The lowest BCUT2D eigenvalue weighted by Crippen LogP contribution is -2.33. The average Bonchev–Trinajstić information content (AvgIpc) is 2.16. The van der Waals surface area contributed by atoms with Crippen LogP contribution in [0.15, 0.2) is 18.3 Å². The van der Waals surface area contributed by atoms with Crippen LogP contribution < -0.4 is 5.32 Å². The first-order valence-electron chi connectivity index (χ1n) is 4.91. The minimum Gasteiger partial charge on any atom is -0.316 e. The Morgan fingerprint density at radius 3 is 2.71 bits per heavy atom. The summed E-state index contributed by atoms with van der Waals surface area (Å²) in [6.45, 7) is 4.23. The van der Waals surface area contributed by atoms with Crippen LogP contribution in [0, 0.1) is 11.7 Å². The van der Waals surface area contributed by atoms with Crippen LogP contribution in [0.25, 0.3) is 0 Å². The van der Waals surface area contributed by atoms with Gasteiger partial charge in [0.25, 0.3) is 0 Å². The highest BCUT2D eigenvalue weighted by Crippen LogP contribution is 2.10. The van der Waals surface area contributed by atoms with Crippen LogP contribution in [-0.4, -0.2) is 18.1 Å². The molecule has 0 aliphatic heterocycles. The monoisotopic (exact) mass is 196 g/mol. The molecule has 1 aromatic heterocycles. The zero-order valence-corrected chi connectivity index (χ0v) is 8.92. The number of hydrogen-bond donors (Lipinski definition) is 1. The Hall–Kier alpha value is -0.960. The van der Waals surface area contributed by atoms with Crippen molar-refractivity contribution in [2.45, 2.75) is 26.3 Å². The summed E-state index contributed by atoms with van der Waals surface area (Å²) >= 11 is 0. The second kappa shape index (κ2) is 5.05. The standard InChI is InChI=1S/C11H17FN2/c1-8(2)10(13-3)7-11-9(12)5-4-6-14-11/h4-6,8,10,13H,7H2,1-3H3.